The van der Waals surface area contributed by atoms with Crippen molar-refractivity contribution in [1.82, 2.24) is 5.32 Å². The second kappa shape index (κ2) is 8.12. The van der Waals surface area contributed by atoms with E-state index in [-0.39, 0.29) is 22.8 Å². The number of rotatable bonds is 4. The molecule has 0 aliphatic heterocycles. The lowest BCUT2D eigenvalue weighted by molar-refractivity contribution is 0.0697. The SMILES string of the molecule is Cc1cc2c(cc1Cc1ccc(C(=O)NC3CCCCC3O)o1)C(C)(C)CCC2(C)C. The minimum atomic E-state index is -0.460. The number of fused-ring (bicyclic) bond motifs is 1. The monoisotopic (exact) mass is 423 g/mol. The molecule has 4 rings (SSSR count). The molecule has 2 unspecified atom stereocenters. The maximum absolute atomic E-state index is 12.6. The van der Waals surface area contributed by atoms with Crippen LogP contribution in [-0.2, 0) is 17.3 Å². The van der Waals surface area contributed by atoms with E-state index in [0.717, 1.165) is 31.4 Å². The first-order chi connectivity index (χ1) is 14.6. The fourth-order valence-electron chi connectivity index (χ4n) is 5.26. The number of aliphatic hydroxyl groups is 1. The Hall–Kier alpha value is -2.07. The summed E-state index contributed by atoms with van der Waals surface area (Å²) in [6, 6.07) is 8.21. The molecule has 1 heterocycles. The summed E-state index contributed by atoms with van der Waals surface area (Å²) < 4.78 is 5.92. The van der Waals surface area contributed by atoms with Gasteiger partial charge in [0.05, 0.1) is 12.1 Å². The van der Waals surface area contributed by atoms with Crippen LogP contribution >= 0.6 is 0 Å². The molecule has 4 heteroatoms. The van der Waals surface area contributed by atoms with Gasteiger partial charge in [0, 0.05) is 6.42 Å². The van der Waals surface area contributed by atoms with Gasteiger partial charge in [-0.25, -0.2) is 0 Å². The van der Waals surface area contributed by atoms with E-state index in [1.807, 2.05) is 6.07 Å². The highest BCUT2D eigenvalue weighted by molar-refractivity contribution is 5.91. The van der Waals surface area contributed by atoms with Gasteiger partial charge in [-0.2, -0.15) is 0 Å². The van der Waals surface area contributed by atoms with E-state index < -0.39 is 6.10 Å². The Kier molecular flexibility index (Phi) is 5.80. The van der Waals surface area contributed by atoms with Crippen molar-refractivity contribution < 1.29 is 14.3 Å². The third-order valence-corrected chi connectivity index (χ3v) is 7.61. The Morgan fingerprint density at radius 2 is 1.71 bits per heavy atom. The third kappa shape index (κ3) is 4.45. The summed E-state index contributed by atoms with van der Waals surface area (Å²) >= 11 is 0. The molecule has 0 bridgehead atoms. The standard InChI is InChI=1S/C27H37NO3/c1-17-14-20-21(27(4,5)13-12-26(20,2)3)16-18(17)15-19-10-11-24(31-19)25(30)28-22-8-6-7-9-23(22)29/h10-11,14,16,22-23,29H,6-9,12-13,15H2,1-5H3,(H,28,30). The number of carbonyl (C=O) groups is 1. The number of amides is 1. The van der Waals surface area contributed by atoms with E-state index >= 15 is 0 Å². The molecule has 2 aliphatic rings. The molecule has 0 radical (unpaired) electrons. The number of benzene rings is 1. The summed E-state index contributed by atoms with van der Waals surface area (Å²) in [5, 5.41) is 13.1. The molecule has 1 aromatic carbocycles. The summed E-state index contributed by atoms with van der Waals surface area (Å²) in [5.41, 5.74) is 5.82. The molecule has 1 amide bonds. The Morgan fingerprint density at radius 3 is 2.39 bits per heavy atom. The summed E-state index contributed by atoms with van der Waals surface area (Å²) in [6.45, 7) is 11.6. The molecular weight excluding hydrogens is 386 g/mol. The van der Waals surface area contributed by atoms with Crippen molar-refractivity contribution in [1.29, 1.82) is 0 Å². The lowest BCUT2D eigenvalue weighted by Gasteiger charge is -2.42. The summed E-state index contributed by atoms with van der Waals surface area (Å²) in [4.78, 5) is 12.6. The van der Waals surface area contributed by atoms with Crippen LogP contribution in [0.2, 0.25) is 0 Å². The van der Waals surface area contributed by atoms with Gasteiger partial charge in [-0.1, -0.05) is 52.7 Å². The van der Waals surface area contributed by atoms with Gasteiger partial charge >= 0.3 is 0 Å². The van der Waals surface area contributed by atoms with E-state index in [2.05, 4.69) is 52.1 Å². The number of aliphatic hydroxyl groups excluding tert-OH is 1. The van der Waals surface area contributed by atoms with E-state index in [9.17, 15) is 9.90 Å². The molecule has 31 heavy (non-hydrogen) atoms. The molecule has 2 atom stereocenters. The Morgan fingerprint density at radius 1 is 1.06 bits per heavy atom. The number of aryl methyl sites for hydroxylation is 1. The van der Waals surface area contributed by atoms with Gasteiger partial charge in [-0.3, -0.25) is 4.79 Å². The van der Waals surface area contributed by atoms with Crippen molar-refractivity contribution in [3.8, 4) is 0 Å². The quantitative estimate of drug-likeness (QED) is 0.677. The second-order valence-corrected chi connectivity index (χ2v) is 11.0. The fourth-order valence-corrected chi connectivity index (χ4v) is 5.26. The zero-order chi connectivity index (χ0) is 22.4. The van der Waals surface area contributed by atoms with Crippen LogP contribution in [0.4, 0.5) is 0 Å². The molecule has 2 aliphatic carbocycles. The van der Waals surface area contributed by atoms with E-state index in [1.54, 1.807) is 6.07 Å². The third-order valence-electron chi connectivity index (χ3n) is 7.61. The highest BCUT2D eigenvalue weighted by Gasteiger charge is 2.37. The van der Waals surface area contributed by atoms with Crippen molar-refractivity contribution in [3.63, 3.8) is 0 Å². The van der Waals surface area contributed by atoms with E-state index in [1.165, 1.54) is 35.1 Å². The Balaban J connectivity index is 1.53. The average molecular weight is 424 g/mol. The normalized spacial score (nSPS) is 24.5. The second-order valence-electron chi connectivity index (χ2n) is 11.0. The average Bonchev–Trinajstić information content (AvgIpc) is 3.17. The number of furan rings is 1. The molecular formula is C27H37NO3. The highest BCUT2D eigenvalue weighted by Crippen LogP contribution is 2.46. The van der Waals surface area contributed by atoms with E-state index in [0.29, 0.717) is 12.2 Å². The van der Waals surface area contributed by atoms with Crippen LogP contribution in [0.3, 0.4) is 0 Å². The van der Waals surface area contributed by atoms with Crippen LogP contribution in [0.1, 0.15) is 105 Å². The molecule has 1 fully saturated rings. The van der Waals surface area contributed by atoms with Crippen LogP contribution < -0.4 is 5.32 Å². The van der Waals surface area contributed by atoms with Crippen LogP contribution in [0.25, 0.3) is 0 Å². The molecule has 2 aromatic rings. The molecule has 1 aromatic heterocycles. The number of hydrogen-bond donors (Lipinski definition) is 2. The maximum Gasteiger partial charge on any atom is 0.287 e. The van der Waals surface area contributed by atoms with Crippen LogP contribution in [0.15, 0.2) is 28.7 Å². The molecule has 0 saturated heterocycles. The van der Waals surface area contributed by atoms with Crippen LogP contribution in [-0.4, -0.2) is 23.2 Å². The van der Waals surface area contributed by atoms with E-state index in [4.69, 9.17) is 4.42 Å². The molecule has 168 valence electrons. The van der Waals surface area contributed by atoms with Gasteiger partial charge in [0.15, 0.2) is 5.76 Å². The van der Waals surface area contributed by atoms with Crippen molar-refractivity contribution in [2.45, 2.75) is 103 Å². The van der Waals surface area contributed by atoms with Gasteiger partial charge in [-0.15, -0.1) is 0 Å². The smallest absolute Gasteiger partial charge is 0.287 e. The lowest BCUT2D eigenvalue weighted by atomic mass is 9.62. The first-order valence-electron chi connectivity index (χ1n) is 11.8. The molecule has 2 N–H and O–H groups in total. The minimum Gasteiger partial charge on any atom is -0.456 e. The molecule has 1 saturated carbocycles. The summed E-state index contributed by atoms with van der Waals surface area (Å²) in [5.74, 6) is 0.886. The first-order valence-corrected chi connectivity index (χ1v) is 11.8. The Labute approximate surface area is 186 Å². The van der Waals surface area contributed by atoms with Gasteiger partial charge in [0.1, 0.15) is 5.76 Å². The topological polar surface area (TPSA) is 62.5 Å². The lowest BCUT2D eigenvalue weighted by Crippen LogP contribution is -2.44. The molecule has 4 nitrogen and oxygen atoms in total. The highest BCUT2D eigenvalue weighted by atomic mass is 16.4. The van der Waals surface area contributed by atoms with Crippen molar-refractivity contribution in [2.75, 3.05) is 0 Å². The number of carbonyl (C=O) groups excluding carboxylic acids is 1. The first kappa shape index (κ1) is 22.1. The predicted octanol–water partition coefficient (Wildman–Crippen LogP) is 5.56. The number of nitrogens with one attached hydrogen (secondary N) is 1. The zero-order valence-electron chi connectivity index (χ0n) is 19.7. The fraction of sp³-hybridized carbons (Fsp3) is 0.593. The van der Waals surface area contributed by atoms with Gasteiger partial charge < -0.3 is 14.8 Å². The predicted molar refractivity (Wildman–Crippen MR) is 124 cm³/mol. The number of hydrogen-bond acceptors (Lipinski definition) is 3. The van der Waals surface area contributed by atoms with Gasteiger partial charge in [0.25, 0.3) is 5.91 Å². The van der Waals surface area contributed by atoms with Crippen LogP contribution in [0.5, 0.6) is 0 Å². The van der Waals surface area contributed by atoms with Crippen molar-refractivity contribution in [3.05, 3.63) is 58.0 Å². The minimum absolute atomic E-state index is 0.169. The van der Waals surface area contributed by atoms with Crippen molar-refractivity contribution >= 4 is 5.91 Å². The van der Waals surface area contributed by atoms with Crippen LogP contribution in [0, 0.1) is 6.92 Å². The maximum atomic E-state index is 12.6. The van der Waals surface area contributed by atoms with Gasteiger partial charge in [-0.05, 0) is 77.8 Å². The zero-order valence-corrected chi connectivity index (χ0v) is 19.7. The van der Waals surface area contributed by atoms with Crippen molar-refractivity contribution in [2.24, 2.45) is 0 Å². The Bertz CT molecular complexity index is 969. The summed E-state index contributed by atoms with van der Waals surface area (Å²) in [6.07, 6.45) is 6.24. The summed E-state index contributed by atoms with van der Waals surface area (Å²) in [7, 11) is 0. The largest absolute Gasteiger partial charge is 0.456 e. The molecule has 0 spiro atoms. The van der Waals surface area contributed by atoms with Gasteiger partial charge in [0.2, 0.25) is 0 Å².